The van der Waals surface area contributed by atoms with Gasteiger partial charge in [-0.3, -0.25) is 9.59 Å². The lowest BCUT2D eigenvalue weighted by atomic mass is 9.51. The molecule has 5 atom stereocenters. The number of carbonyl (C=O) groups is 3. The van der Waals surface area contributed by atoms with Crippen LogP contribution in [0.5, 0.6) is 0 Å². The number of likely N-dealkylation sites (N-methyl/N-ethyl adjacent to an activating group) is 1. The summed E-state index contributed by atoms with van der Waals surface area (Å²) in [6.07, 6.45) is 7.61. The number of nitrogens with zero attached hydrogens (tertiary/aromatic N) is 1. The van der Waals surface area contributed by atoms with Crippen LogP contribution in [0.4, 0.5) is 11.4 Å². The fraction of sp³-hybridized carbons (Fsp3) is 0.432. The lowest BCUT2D eigenvalue weighted by Crippen LogP contribution is -2.51. The second kappa shape index (κ2) is 11.4. The van der Waals surface area contributed by atoms with Crippen molar-refractivity contribution in [1.29, 1.82) is 0 Å². The molecule has 228 valence electrons. The van der Waals surface area contributed by atoms with Gasteiger partial charge in [-0.15, -0.1) is 5.92 Å². The number of aromatic carboxylic acids is 1. The zero-order valence-corrected chi connectivity index (χ0v) is 25.7. The molecule has 0 radical (unpaired) electrons. The third-order valence-corrected chi connectivity index (χ3v) is 10.8. The number of allylic oxidation sites excluding steroid dienone is 4. The van der Waals surface area contributed by atoms with Gasteiger partial charge in [0, 0.05) is 36.2 Å². The van der Waals surface area contributed by atoms with Crippen LogP contribution >= 0.6 is 0 Å². The van der Waals surface area contributed by atoms with Gasteiger partial charge in [0.25, 0.3) is 0 Å². The molecular weight excluding hydrogens is 552 g/mol. The smallest absolute Gasteiger partial charge is 0.335 e. The molecule has 0 heterocycles. The van der Waals surface area contributed by atoms with E-state index in [4.69, 9.17) is 5.11 Å². The van der Waals surface area contributed by atoms with Crippen LogP contribution in [0.15, 0.2) is 71.3 Å². The Hall–Kier alpha value is -4.15. The Kier molecular flexibility index (Phi) is 7.75. The van der Waals surface area contributed by atoms with Crippen molar-refractivity contribution in [2.45, 2.75) is 70.3 Å². The normalized spacial score (nSPS) is 29.0. The van der Waals surface area contributed by atoms with E-state index in [1.807, 2.05) is 24.9 Å². The Morgan fingerprint density at radius 3 is 2.45 bits per heavy atom. The zero-order chi connectivity index (χ0) is 31.2. The Morgan fingerprint density at radius 1 is 1.05 bits per heavy atom. The van der Waals surface area contributed by atoms with Gasteiger partial charge in [0.1, 0.15) is 5.60 Å². The van der Waals surface area contributed by atoms with Crippen molar-refractivity contribution in [3.8, 4) is 11.8 Å². The van der Waals surface area contributed by atoms with Crippen LogP contribution in [0, 0.1) is 29.1 Å². The average Bonchev–Trinajstić information content (AvgIpc) is 3.26. The average molecular weight is 593 g/mol. The summed E-state index contributed by atoms with van der Waals surface area (Å²) in [6.45, 7) is 4.18. The van der Waals surface area contributed by atoms with E-state index in [0.29, 0.717) is 30.4 Å². The van der Waals surface area contributed by atoms with Crippen LogP contribution in [0.2, 0.25) is 0 Å². The van der Waals surface area contributed by atoms with Gasteiger partial charge < -0.3 is 20.4 Å². The summed E-state index contributed by atoms with van der Waals surface area (Å²) in [5.74, 6) is 6.09. The molecule has 7 heteroatoms. The molecule has 3 N–H and O–H groups in total. The minimum atomic E-state index is -1.01. The van der Waals surface area contributed by atoms with Gasteiger partial charge in [0.2, 0.25) is 5.91 Å². The van der Waals surface area contributed by atoms with Crippen molar-refractivity contribution in [3.05, 3.63) is 82.5 Å². The highest BCUT2D eigenvalue weighted by atomic mass is 16.4. The number of carboxylic acids is 1. The molecule has 1 amide bonds. The van der Waals surface area contributed by atoms with Gasteiger partial charge in [0.05, 0.1) is 12.1 Å². The minimum absolute atomic E-state index is 0.118. The maximum absolute atomic E-state index is 12.8. The molecule has 2 aromatic rings. The number of aliphatic hydroxyl groups is 1. The SMILES string of the molecule is CC#C[C@]1(O)CC[C@H]2[C@@H]3CCC4=CC(=O)CCC4=C3[C@@H](c3ccc(N(C)CC(=O)Nc4ccc(C(=O)O)cc4)cc3)C[C@@]21C. The van der Waals surface area contributed by atoms with E-state index in [0.717, 1.165) is 37.8 Å². The Labute approximate surface area is 259 Å². The molecule has 0 aliphatic heterocycles. The number of carbonyl (C=O) groups excluding carboxylic acids is 2. The number of hydrogen-bond donors (Lipinski definition) is 3. The predicted molar refractivity (Wildman–Crippen MR) is 170 cm³/mol. The number of benzene rings is 2. The number of carboxylic acid groups (broad SMARTS) is 1. The van der Waals surface area contributed by atoms with Gasteiger partial charge in [0.15, 0.2) is 5.78 Å². The summed E-state index contributed by atoms with van der Waals surface area (Å²) in [5.41, 5.74) is 5.51. The van der Waals surface area contributed by atoms with Crippen LogP contribution in [-0.2, 0) is 9.59 Å². The standard InChI is InChI=1S/C37H40N2O5/c1-4-18-37(44)19-17-32-30-15-9-25-20-28(40)14-16-29(25)34(30)31(21-36(32,37)2)23-7-12-27(13-8-23)39(3)22-33(41)38-26-10-5-24(6-11-26)35(42)43/h5-8,10-13,20,30-32,44H,9,14-17,19,21-22H2,1-3H3,(H,38,41)(H,42,43)/t30-,31+,32-,36-,37-/m0/s1. The van der Waals surface area contributed by atoms with Crippen LogP contribution in [0.25, 0.3) is 0 Å². The molecule has 6 rings (SSSR count). The van der Waals surface area contributed by atoms with E-state index in [-0.39, 0.29) is 35.1 Å². The fourth-order valence-electron chi connectivity index (χ4n) is 8.54. The summed E-state index contributed by atoms with van der Waals surface area (Å²) in [7, 11) is 1.87. The van der Waals surface area contributed by atoms with Crippen molar-refractivity contribution in [2.75, 3.05) is 23.8 Å². The first-order chi connectivity index (χ1) is 21.0. The maximum Gasteiger partial charge on any atom is 0.335 e. The first kappa shape index (κ1) is 29.9. The molecule has 7 nitrogen and oxygen atoms in total. The molecule has 4 aliphatic carbocycles. The summed E-state index contributed by atoms with van der Waals surface area (Å²) in [6, 6.07) is 14.5. The largest absolute Gasteiger partial charge is 0.478 e. The zero-order valence-electron chi connectivity index (χ0n) is 25.7. The molecular formula is C37H40N2O5. The lowest BCUT2D eigenvalue weighted by Gasteiger charge is -2.53. The maximum atomic E-state index is 12.8. The quantitative estimate of drug-likeness (QED) is 0.349. The lowest BCUT2D eigenvalue weighted by molar-refractivity contribution is -0.115. The van der Waals surface area contributed by atoms with E-state index in [9.17, 15) is 19.5 Å². The number of rotatable bonds is 6. The molecule has 0 spiro atoms. The molecule has 44 heavy (non-hydrogen) atoms. The highest BCUT2D eigenvalue weighted by molar-refractivity contribution is 5.95. The highest BCUT2D eigenvalue weighted by Crippen LogP contribution is 2.66. The molecule has 0 unspecified atom stereocenters. The third kappa shape index (κ3) is 5.16. The van der Waals surface area contributed by atoms with Crippen LogP contribution in [-0.4, -0.2) is 47.1 Å². The van der Waals surface area contributed by atoms with Gasteiger partial charge in [-0.2, -0.15) is 0 Å². The van der Waals surface area contributed by atoms with Crippen molar-refractivity contribution in [1.82, 2.24) is 0 Å². The van der Waals surface area contributed by atoms with Crippen LogP contribution in [0.1, 0.15) is 80.6 Å². The van der Waals surface area contributed by atoms with E-state index < -0.39 is 11.6 Å². The number of hydrogen-bond acceptors (Lipinski definition) is 5. The fourth-order valence-corrected chi connectivity index (χ4v) is 8.54. The first-order valence-electron chi connectivity index (χ1n) is 15.6. The monoisotopic (exact) mass is 592 g/mol. The second-order valence-electron chi connectivity index (χ2n) is 13.1. The summed E-state index contributed by atoms with van der Waals surface area (Å²) in [5, 5.41) is 23.8. The predicted octanol–water partition coefficient (Wildman–Crippen LogP) is 6.11. The molecule has 0 aromatic heterocycles. The van der Waals surface area contributed by atoms with E-state index in [1.165, 1.54) is 34.4 Å². The molecule has 0 bridgehead atoms. The summed E-state index contributed by atoms with van der Waals surface area (Å²) >= 11 is 0. The van der Waals surface area contributed by atoms with Gasteiger partial charge in [-0.05, 0) is 116 Å². The number of amides is 1. The van der Waals surface area contributed by atoms with Crippen molar-refractivity contribution in [3.63, 3.8) is 0 Å². The number of fused-ring (bicyclic) bond motifs is 4. The van der Waals surface area contributed by atoms with Gasteiger partial charge >= 0.3 is 5.97 Å². The van der Waals surface area contributed by atoms with Gasteiger partial charge in [-0.25, -0.2) is 4.79 Å². The Balaban J connectivity index is 1.27. The highest BCUT2D eigenvalue weighted by Gasteiger charge is 2.62. The number of nitrogens with one attached hydrogen (secondary N) is 1. The van der Waals surface area contributed by atoms with E-state index in [2.05, 4.69) is 48.3 Å². The van der Waals surface area contributed by atoms with Crippen molar-refractivity contribution in [2.24, 2.45) is 17.3 Å². The molecule has 2 aromatic carbocycles. The second-order valence-corrected chi connectivity index (χ2v) is 13.1. The topological polar surface area (TPSA) is 107 Å². The van der Waals surface area contributed by atoms with Gasteiger partial charge in [-0.1, -0.05) is 30.6 Å². The molecule has 2 fully saturated rings. The van der Waals surface area contributed by atoms with Crippen LogP contribution in [0.3, 0.4) is 0 Å². The van der Waals surface area contributed by atoms with E-state index >= 15 is 0 Å². The van der Waals surface area contributed by atoms with Crippen molar-refractivity contribution < 1.29 is 24.6 Å². The van der Waals surface area contributed by atoms with Crippen LogP contribution < -0.4 is 10.2 Å². The first-order valence-corrected chi connectivity index (χ1v) is 15.6. The minimum Gasteiger partial charge on any atom is -0.478 e. The Morgan fingerprint density at radius 2 is 1.77 bits per heavy atom. The number of anilines is 2. The third-order valence-electron chi connectivity index (χ3n) is 10.8. The molecule has 2 saturated carbocycles. The molecule has 4 aliphatic rings. The Bertz CT molecular complexity index is 1630. The molecule has 0 saturated heterocycles. The summed E-state index contributed by atoms with van der Waals surface area (Å²) < 4.78 is 0. The summed E-state index contributed by atoms with van der Waals surface area (Å²) in [4.78, 5) is 38.1. The van der Waals surface area contributed by atoms with Crippen molar-refractivity contribution >= 4 is 29.0 Å². The number of ketones is 1. The van der Waals surface area contributed by atoms with E-state index in [1.54, 1.807) is 12.1 Å².